The number of nitrogens with zero attached hydrogens (tertiary/aromatic N) is 5. The van der Waals surface area contributed by atoms with E-state index in [1.807, 2.05) is 36.7 Å². The van der Waals surface area contributed by atoms with Crippen LogP contribution in [0.25, 0.3) is 22.6 Å². The molecule has 3 heterocycles. The van der Waals surface area contributed by atoms with E-state index in [0.717, 1.165) is 24.2 Å². The maximum atomic E-state index is 13.2. The van der Waals surface area contributed by atoms with Crippen molar-refractivity contribution >= 4 is 16.9 Å². The van der Waals surface area contributed by atoms with Gasteiger partial charge in [-0.05, 0) is 25.5 Å². The molecule has 0 unspecified atom stereocenters. The van der Waals surface area contributed by atoms with Crippen LogP contribution in [-0.4, -0.2) is 37.3 Å². The molecule has 0 fully saturated rings. The van der Waals surface area contributed by atoms with E-state index in [1.54, 1.807) is 31.7 Å². The van der Waals surface area contributed by atoms with Crippen LogP contribution in [0.3, 0.4) is 0 Å². The highest BCUT2D eigenvalue weighted by molar-refractivity contribution is 5.77. The van der Waals surface area contributed by atoms with Crippen LogP contribution >= 0.6 is 0 Å². The lowest BCUT2D eigenvalue weighted by Gasteiger charge is -2.12. The van der Waals surface area contributed by atoms with Gasteiger partial charge in [0.2, 0.25) is 5.78 Å². The molecular formula is C21H25N5O4. The first-order chi connectivity index (χ1) is 14.4. The van der Waals surface area contributed by atoms with Crippen molar-refractivity contribution in [1.82, 2.24) is 23.1 Å². The molecule has 0 saturated carbocycles. The molecule has 3 aromatic heterocycles. The van der Waals surface area contributed by atoms with E-state index in [4.69, 9.17) is 9.47 Å². The zero-order valence-electron chi connectivity index (χ0n) is 17.8. The molecule has 0 spiro atoms. The van der Waals surface area contributed by atoms with Gasteiger partial charge in [-0.15, -0.1) is 0 Å². The van der Waals surface area contributed by atoms with Gasteiger partial charge in [0.15, 0.2) is 11.2 Å². The zero-order valence-corrected chi connectivity index (χ0v) is 17.8. The molecule has 0 aliphatic carbocycles. The zero-order chi connectivity index (χ0) is 21.6. The third-order valence-electron chi connectivity index (χ3n) is 5.39. The number of fused-ring (bicyclic) bond motifs is 3. The van der Waals surface area contributed by atoms with Crippen LogP contribution in [-0.2, 0) is 13.6 Å². The van der Waals surface area contributed by atoms with Gasteiger partial charge in [-0.25, -0.2) is 4.79 Å². The minimum Gasteiger partial charge on any atom is -0.497 e. The van der Waals surface area contributed by atoms with E-state index in [-0.39, 0.29) is 11.2 Å². The molecule has 0 saturated heterocycles. The van der Waals surface area contributed by atoms with Crippen molar-refractivity contribution in [3.8, 4) is 17.2 Å². The summed E-state index contributed by atoms with van der Waals surface area (Å²) in [6, 6.07) is 5.51. The highest BCUT2D eigenvalue weighted by atomic mass is 16.5. The summed E-state index contributed by atoms with van der Waals surface area (Å²) >= 11 is 0. The average Bonchev–Trinajstić information content (AvgIpc) is 3.26. The fraction of sp³-hybridized carbons (Fsp3) is 0.381. The molecule has 158 valence electrons. The monoisotopic (exact) mass is 411 g/mol. The van der Waals surface area contributed by atoms with Crippen molar-refractivity contribution < 1.29 is 9.47 Å². The van der Waals surface area contributed by atoms with E-state index in [1.165, 1.54) is 9.13 Å². The Bertz CT molecular complexity index is 1370. The van der Waals surface area contributed by atoms with E-state index >= 15 is 0 Å². The molecule has 9 nitrogen and oxygen atoms in total. The fourth-order valence-corrected chi connectivity index (χ4v) is 3.79. The number of benzene rings is 1. The van der Waals surface area contributed by atoms with Crippen molar-refractivity contribution in [2.75, 3.05) is 14.2 Å². The summed E-state index contributed by atoms with van der Waals surface area (Å²) in [5.41, 5.74) is 1.69. The van der Waals surface area contributed by atoms with Crippen LogP contribution in [0.5, 0.6) is 11.5 Å². The Morgan fingerprint density at radius 2 is 1.90 bits per heavy atom. The van der Waals surface area contributed by atoms with Gasteiger partial charge in [-0.3, -0.25) is 22.9 Å². The molecule has 0 aliphatic heterocycles. The first kappa shape index (κ1) is 19.8. The van der Waals surface area contributed by atoms with Crippen molar-refractivity contribution in [1.29, 1.82) is 0 Å². The molecule has 0 aliphatic rings. The van der Waals surface area contributed by atoms with Crippen LogP contribution in [0.2, 0.25) is 0 Å². The normalized spacial score (nSPS) is 11.5. The molecule has 9 heteroatoms. The lowest BCUT2D eigenvalue weighted by Crippen LogP contribution is -2.39. The number of aryl methyl sites for hydroxylation is 2. The van der Waals surface area contributed by atoms with Gasteiger partial charge in [0.25, 0.3) is 5.56 Å². The summed E-state index contributed by atoms with van der Waals surface area (Å²) in [7, 11) is 4.83. The fourth-order valence-electron chi connectivity index (χ4n) is 3.79. The van der Waals surface area contributed by atoms with Crippen LogP contribution < -0.4 is 20.7 Å². The summed E-state index contributed by atoms with van der Waals surface area (Å²) in [4.78, 5) is 30.6. The third-order valence-corrected chi connectivity index (χ3v) is 5.39. The largest absolute Gasteiger partial charge is 0.497 e. The highest BCUT2D eigenvalue weighted by Crippen LogP contribution is 2.31. The molecule has 0 atom stereocenters. The number of imidazole rings is 2. The number of hydrogen-bond acceptors (Lipinski definition) is 5. The Labute approximate surface area is 172 Å². The number of rotatable bonds is 6. The Morgan fingerprint density at radius 3 is 2.57 bits per heavy atom. The van der Waals surface area contributed by atoms with Gasteiger partial charge >= 0.3 is 5.69 Å². The van der Waals surface area contributed by atoms with Crippen molar-refractivity contribution in [2.45, 2.75) is 33.2 Å². The number of unbranched alkanes of at least 4 members (excludes halogenated alkanes) is 1. The Morgan fingerprint density at radius 1 is 1.13 bits per heavy atom. The van der Waals surface area contributed by atoms with Crippen molar-refractivity contribution in [3.05, 3.63) is 50.9 Å². The van der Waals surface area contributed by atoms with E-state index in [9.17, 15) is 9.59 Å². The maximum Gasteiger partial charge on any atom is 0.332 e. The summed E-state index contributed by atoms with van der Waals surface area (Å²) in [6.45, 7) is 4.34. The standard InChI is InChI=1S/C21H25N5O4/c1-6-7-10-24-19(27)17-18(23(3)21(24)28)22-20-25(17)12-13(2)26(20)15-9-8-14(29-4)11-16(15)30-5/h8-9,11-12H,6-7,10H2,1-5H3. The quantitative estimate of drug-likeness (QED) is 0.486. The van der Waals surface area contributed by atoms with Crippen molar-refractivity contribution in [3.63, 3.8) is 0 Å². The summed E-state index contributed by atoms with van der Waals surface area (Å²) < 4.78 is 17.2. The Hall–Kier alpha value is -3.49. The maximum absolute atomic E-state index is 13.2. The number of ether oxygens (including phenoxy) is 2. The van der Waals surface area contributed by atoms with Crippen LogP contribution in [0.15, 0.2) is 34.0 Å². The summed E-state index contributed by atoms with van der Waals surface area (Å²) in [5.74, 6) is 1.81. The number of methoxy groups -OCH3 is 2. The van der Waals surface area contributed by atoms with Crippen LogP contribution in [0.1, 0.15) is 25.5 Å². The number of hydrogen-bond donors (Lipinski definition) is 0. The van der Waals surface area contributed by atoms with E-state index < -0.39 is 0 Å². The van der Waals surface area contributed by atoms with Gasteiger partial charge in [0, 0.05) is 31.5 Å². The topological polar surface area (TPSA) is 84.7 Å². The summed E-state index contributed by atoms with van der Waals surface area (Å²) in [6.07, 6.45) is 3.50. The molecular weight excluding hydrogens is 386 g/mol. The summed E-state index contributed by atoms with van der Waals surface area (Å²) in [5, 5.41) is 0. The minimum absolute atomic E-state index is 0.326. The second-order valence-electron chi connectivity index (χ2n) is 7.25. The predicted molar refractivity (Wildman–Crippen MR) is 114 cm³/mol. The van der Waals surface area contributed by atoms with Crippen LogP contribution in [0.4, 0.5) is 0 Å². The van der Waals surface area contributed by atoms with Gasteiger partial charge in [-0.1, -0.05) is 13.3 Å². The lowest BCUT2D eigenvalue weighted by atomic mass is 10.2. The lowest BCUT2D eigenvalue weighted by molar-refractivity contribution is 0.393. The van der Waals surface area contributed by atoms with Gasteiger partial charge in [0.05, 0.1) is 19.9 Å². The first-order valence-corrected chi connectivity index (χ1v) is 9.85. The third kappa shape index (κ3) is 2.80. The predicted octanol–water partition coefficient (Wildman–Crippen LogP) is 2.26. The smallest absolute Gasteiger partial charge is 0.332 e. The molecule has 0 bridgehead atoms. The second kappa shape index (κ2) is 7.40. The van der Waals surface area contributed by atoms with Gasteiger partial charge in [-0.2, -0.15) is 4.98 Å². The second-order valence-corrected chi connectivity index (χ2v) is 7.25. The van der Waals surface area contributed by atoms with Gasteiger partial charge < -0.3 is 9.47 Å². The Kier molecular flexibility index (Phi) is 4.89. The molecule has 30 heavy (non-hydrogen) atoms. The highest BCUT2D eigenvalue weighted by Gasteiger charge is 2.22. The molecule has 4 rings (SSSR count). The minimum atomic E-state index is -0.355. The molecule has 0 radical (unpaired) electrons. The Balaban J connectivity index is 2.06. The van der Waals surface area contributed by atoms with Crippen molar-refractivity contribution in [2.24, 2.45) is 7.05 Å². The number of aromatic nitrogens is 5. The van der Waals surface area contributed by atoms with Gasteiger partial charge in [0.1, 0.15) is 11.5 Å². The molecule has 4 aromatic rings. The molecule has 1 aromatic carbocycles. The van der Waals surface area contributed by atoms with Crippen LogP contribution in [0, 0.1) is 6.92 Å². The average molecular weight is 411 g/mol. The van der Waals surface area contributed by atoms with E-state index in [2.05, 4.69) is 4.98 Å². The molecule has 0 amide bonds. The first-order valence-electron chi connectivity index (χ1n) is 9.85. The molecule has 0 N–H and O–H groups in total. The van der Waals surface area contributed by atoms with E-state index in [0.29, 0.717) is 35.0 Å². The SMILES string of the molecule is CCCCn1c(=O)c2c(nc3n(-c4ccc(OC)cc4OC)c(C)cn23)n(C)c1=O.